The first-order valence-electron chi connectivity index (χ1n) is 18.6. The summed E-state index contributed by atoms with van der Waals surface area (Å²) in [7, 11) is 1.47. The minimum Gasteiger partial charge on any atom is -0.504 e. The topological polar surface area (TPSA) is 148 Å². The molecular formula is C42H54N2O7. The lowest BCUT2D eigenvalue weighted by Gasteiger charge is -2.29. The fraction of sp³-hybridized carbons (Fsp3) is 0.524. The van der Waals surface area contributed by atoms with Crippen LogP contribution in [-0.2, 0) is 16.0 Å². The third kappa shape index (κ3) is 9.62. The number of methoxy groups -OCH3 is 1. The lowest BCUT2D eigenvalue weighted by Crippen LogP contribution is -2.39. The second-order valence-corrected chi connectivity index (χ2v) is 14.3. The van der Waals surface area contributed by atoms with Crippen LogP contribution in [0.25, 0.3) is 0 Å². The Morgan fingerprint density at radius 3 is 2.59 bits per heavy atom. The van der Waals surface area contributed by atoms with Crippen LogP contribution in [0.2, 0.25) is 0 Å². The molecule has 1 saturated carbocycles. The molecule has 2 aliphatic carbocycles. The number of phenols is 1. The molecule has 7 atom stereocenters. The van der Waals surface area contributed by atoms with Crippen molar-refractivity contribution in [3.05, 3.63) is 82.7 Å². The average Bonchev–Trinajstić information content (AvgIpc) is 3.32. The summed E-state index contributed by atoms with van der Waals surface area (Å²) in [4.78, 5) is 27.8. The van der Waals surface area contributed by atoms with E-state index in [9.17, 15) is 30.0 Å². The first-order valence-corrected chi connectivity index (χ1v) is 18.6. The molecule has 0 aromatic heterocycles. The second-order valence-electron chi connectivity index (χ2n) is 14.3. The molecule has 0 radical (unpaired) electrons. The van der Waals surface area contributed by atoms with Crippen LogP contribution in [0.5, 0.6) is 11.5 Å². The Bertz CT molecular complexity index is 1620. The van der Waals surface area contributed by atoms with Crippen LogP contribution in [0.4, 0.5) is 0 Å². The summed E-state index contributed by atoms with van der Waals surface area (Å²) < 4.78 is 5.42. The minimum atomic E-state index is -1.76. The van der Waals surface area contributed by atoms with Gasteiger partial charge in [-0.2, -0.15) is 0 Å². The van der Waals surface area contributed by atoms with E-state index in [1.165, 1.54) is 12.7 Å². The molecule has 0 amide bonds. The van der Waals surface area contributed by atoms with Gasteiger partial charge in [0.25, 0.3) is 0 Å². The number of ketones is 2. The number of aromatic hydroxyl groups is 1. The van der Waals surface area contributed by atoms with E-state index >= 15 is 0 Å². The van der Waals surface area contributed by atoms with Gasteiger partial charge in [0.2, 0.25) is 0 Å². The number of hydrogen-bond donors (Lipinski definition) is 6. The SMILES string of the molecule is CCCC(CO)C1CC(CC2=CCNC(NCCCO)=C2)CC2C#CC(c3ccccc3)c3cc(O)c(OC)cc3CCC(=O)C(O)C(=O)C2C1. The van der Waals surface area contributed by atoms with Crippen LogP contribution in [0.15, 0.2) is 66.0 Å². The number of benzene rings is 2. The molecule has 0 spiro atoms. The molecule has 1 aliphatic heterocycles. The number of fused-ring (bicyclic) bond motifs is 2. The van der Waals surface area contributed by atoms with E-state index in [2.05, 4.69) is 41.6 Å². The number of aliphatic hydroxyl groups is 3. The van der Waals surface area contributed by atoms with Crippen molar-refractivity contribution >= 4 is 11.6 Å². The Hall–Kier alpha value is -4.10. The van der Waals surface area contributed by atoms with Gasteiger partial charge in [0.1, 0.15) is 0 Å². The van der Waals surface area contributed by atoms with Crippen molar-refractivity contribution in [3.63, 3.8) is 0 Å². The Balaban J connectivity index is 1.60. The summed E-state index contributed by atoms with van der Waals surface area (Å²) in [5, 5.41) is 48.7. The number of allylic oxidation sites excluding steroid dienone is 2. The number of aliphatic hydroxyl groups excluding tert-OH is 3. The van der Waals surface area contributed by atoms with Gasteiger partial charge in [0, 0.05) is 44.6 Å². The Morgan fingerprint density at radius 1 is 1.06 bits per heavy atom. The monoisotopic (exact) mass is 698 g/mol. The summed E-state index contributed by atoms with van der Waals surface area (Å²) >= 11 is 0. The molecule has 0 bridgehead atoms. The van der Waals surface area contributed by atoms with Crippen LogP contribution in [0, 0.1) is 41.4 Å². The first kappa shape index (κ1) is 38.1. The maximum absolute atomic E-state index is 14.3. The Morgan fingerprint density at radius 2 is 1.86 bits per heavy atom. The van der Waals surface area contributed by atoms with Gasteiger partial charge in [0.05, 0.1) is 18.8 Å². The highest BCUT2D eigenvalue weighted by Crippen LogP contribution is 2.44. The third-order valence-corrected chi connectivity index (χ3v) is 10.9. The van der Waals surface area contributed by atoms with Crippen molar-refractivity contribution < 1.29 is 34.8 Å². The number of rotatable bonds is 12. The smallest absolute Gasteiger partial charge is 0.173 e. The van der Waals surface area contributed by atoms with Gasteiger partial charge >= 0.3 is 0 Å². The fourth-order valence-corrected chi connectivity index (χ4v) is 8.19. The van der Waals surface area contributed by atoms with Gasteiger partial charge in [-0.1, -0.05) is 61.6 Å². The van der Waals surface area contributed by atoms with Crippen LogP contribution < -0.4 is 15.4 Å². The summed E-state index contributed by atoms with van der Waals surface area (Å²) in [6.07, 6.45) is 7.67. The highest BCUT2D eigenvalue weighted by atomic mass is 16.5. The fourth-order valence-electron chi connectivity index (χ4n) is 8.19. The number of ether oxygens (including phenoxy) is 1. The zero-order valence-electron chi connectivity index (χ0n) is 29.9. The summed E-state index contributed by atoms with van der Waals surface area (Å²) in [5.74, 6) is 5.84. The molecule has 51 heavy (non-hydrogen) atoms. The van der Waals surface area contributed by atoms with Crippen molar-refractivity contribution in [2.45, 2.75) is 76.7 Å². The number of dihydropyridines is 1. The molecule has 1 fully saturated rings. The van der Waals surface area contributed by atoms with Gasteiger partial charge in [-0.3, -0.25) is 9.59 Å². The molecular weight excluding hydrogens is 644 g/mol. The standard InChI is InChI=1S/C42H54N2O7/c1-3-8-32(26-46)33-21-28(19-27-15-17-44-40(22-27)43-16-7-18-45)20-30-11-13-34(29-9-5-4-6-10-29)35-25-38(48)39(51-2)24-31(35)12-14-37(47)42(50)41(49)36(30)23-33/h4-6,9-10,15,22,24-25,28,30,32-34,36,42-46,48,50H,3,7-8,12,14,16-21,23,26H2,1-2H3. The molecule has 2 aromatic rings. The second kappa shape index (κ2) is 18.4. The number of hydrogen-bond acceptors (Lipinski definition) is 9. The zero-order valence-corrected chi connectivity index (χ0v) is 29.9. The van der Waals surface area contributed by atoms with E-state index in [0.29, 0.717) is 32.4 Å². The maximum atomic E-state index is 14.3. The van der Waals surface area contributed by atoms with Crippen molar-refractivity contribution in [2.24, 2.45) is 29.6 Å². The van der Waals surface area contributed by atoms with E-state index in [0.717, 1.165) is 48.2 Å². The lowest BCUT2D eigenvalue weighted by molar-refractivity contribution is -0.142. The van der Waals surface area contributed by atoms with Crippen LogP contribution in [0.3, 0.4) is 0 Å². The molecule has 9 heteroatoms. The van der Waals surface area contributed by atoms with E-state index in [-0.39, 0.29) is 55.3 Å². The van der Waals surface area contributed by atoms with Gasteiger partial charge in [-0.15, -0.1) is 0 Å². The number of Topliss-reactive ketones (excluding diaryl/α,β-unsaturated/α-hetero) is 2. The molecule has 2 aromatic carbocycles. The molecule has 1 heterocycles. The number of carbonyl (C=O) groups is 2. The lowest BCUT2D eigenvalue weighted by atomic mass is 9.75. The van der Waals surface area contributed by atoms with Crippen molar-refractivity contribution in [2.75, 3.05) is 33.4 Å². The molecule has 9 nitrogen and oxygen atoms in total. The third-order valence-electron chi connectivity index (χ3n) is 10.9. The summed E-state index contributed by atoms with van der Waals surface area (Å²) in [6.45, 7) is 3.55. The van der Waals surface area contributed by atoms with Gasteiger partial charge < -0.3 is 35.8 Å². The average molecular weight is 699 g/mol. The summed E-state index contributed by atoms with van der Waals surface area (Å²) in [6, 6.07) is 13.2. The summed E-state index contributed by atoms with van der Waals surface area (Å²) in [5.41, 5.74) is 3.62. The van der Waals surface area contributed by atoms with E-state index < -0.39 is 35.4 Å². The highest BCUT2D eigenvalue weighted by Gasteiger charge is 2.42. The largest absolute Gasteiger partial charge is 0.504 e. The van der Waals surface area contributed by atoms with E-state index in [4.69, 9.17) is 4.74 Å². The van der Waals surface area contributed by atoms with Crippen molar-refractivity contribution in [1.29, 1.82) is 0 Å². The normalized spacial score (nSPS) is 25.9. The molecule has 6 N–H and O–H groups in total. The number of phenolic OH excluding ortho intramolecular Hbond substituents is 1. The quantitative estimate of drug-likeness (QED) is 0.105. The highest BCUT2D eigenvalue weighted by molar-refractivity contribution is 6.06. The van der Waals surface area contributed by atoms with E-state index in [1.54, 1.807) is 12.1 Å². The maximum Gasteiger partial charge on any atom is 0.173 e. The van der Waals surface area contributed by atoms with Gasteiger partial charge in [-0.05, 0) is 103 Å². The predicted octanol–water partition coefficient (Wildman–Crippen LogP) is 4.77. The molecule has 274 valence electrons. The number of aryl methyl sites for hydroxylation is 1. The zero-order chi connectivity index (χ0) is 36.3. The number of carbonyl (C=O) groups excluding carboxylic acids is 2. The van der Waals surface area contributed by atoms with Crippen molar-refractivity contribution in [1.82, 2.24) is 10.6 Å². The predicted molar refractivity (Wildman–Crippen MR) is 197 cm³/mol. The Kier molecular flexibility index (Phi) is 13.8. The van der Waals surface area contributed by atoms with E-state index in [1.807, 2.05) is 30.3 Å². The van der Waals surface area contributed by atoms with Crippen LogP contribution in [-0.4, -0.2) is 71.5 Å². The van der Waals surface area contributed by atoms with Crippen molar-refractivity contribution in [3.8, 4) is 23.3 Å². The molecule has 0 saturated heterocycles. The molecule has 7 unspecified atom stereocenters. The minimum absolute atomic E-state index is 0.00916. The molecule has 5 rings (SSSR count). The Labute approximate surface area is 302 Å². The van der Waals surface area contributed by atoms with Gasteiger partial charge in [0.15, 0.2) is 29.2 Å². The number of nitrogens with one attached hydrogen (secondary N) is 2. The van der Waals surface area contributed by atoms with Crippen LogP contribution >= 0.6 is 0 Å². The molecule has 3 aliphatic rings. The van der Waals surface area contributed by atoms with Gasteiger partial charge in [-0.25, -0.2) is 0 Å². The van der Waals surface area contributed by atoms with Crippen LogP contribution in [0.1, 0.15) is 80.9 Å². The first-order chi connectivity index (χ1) is 24.8.